The molecule has 334 valence electrons. The number of nitro benzene ring substituents is 1. The third-order valence-corrected chi connectivity index (χ3v) is 9.21. The summed E-state index contributed by atoms with van der Waals surface area (Å²) in [5.74, 6) is -5.16. The van der Waals surface area contributed by atoms with Crippen LogP contribution in [-0.2, 0) is 41.6 Å². The van der Waals surface area contributed by atoms with Crippen molar-refractivity contribution in [2.75, 3.05) is 26.7 Å². The highest BCUT2D eigenvalue weighted by molar-refractivity contribution is 5.96. The summed E-state index contributed by atoms with van der Waals surface area (Å²) in [5, 5.41) is 41.7. The molecule has 0 fully saturated rings. The Bertz CT molecular complexity index is 1830. The Balaban J connectivity index is 2.33. The third kappa shape index (κ3) is 19.2. The van der Waals surface area contributed by atoms with Crippen LogP contribution in [0.5, 0.6) is 0 Å². The topological polar surface area (TPSA) is 373 Å². The number of carbonyl (C=O) groups excluding carboxylic acids is 6. The van der Waals surface area contributed by atoms with Crippen molar-refractivity contribution in [1.82, 2.24) is 36.8 Å². The number of rotatable bonds is 26. The van der Waals surface area contributed by atoms with E-state index in [2.05, 4.69) is 31.9 Å². The molecule has 22 nitrogen and oxygen atoms in total. The van der Waals surface area contributed by atoms with E-state index in [9.17, 15) is 38.9 Å². The summed E-state index contributed by atoms with van der Waals surface area (Å²) in [7, 11) is 1.39. The minimum Gasteiger partial charge on any atom is -0.370 e. The van der Waals surface area contributed by atoms with E-state index in [4.69, 9.17) is 33.8 Å². The smallest absolute Gasteiger partial charge is 0.269 e. The van der Waals surface area contributed by atoms with E-state index in [1.54, 1.807) is 13.8 Å². The molecule has 0 unspecified atom stereocenters. The summed E-state index contributed by atoms with van der Waals surface area (Å²) in [6.07, 6.45) is 0.784. The molecule has 2 aromatic rings. The molecule has 0 spiro atoms. The van der Waals surface area contributed by atoms with Crippen LogP contribution in [0.25, 0.3) is 0 Å². The molecule has 0 aliphatic heterocycles. The zero-order chi connectivity index (χ0) is 45.6. The molecule has 0 radical (unpaired) electrons. The van der Waals surface area contributed by atoms with Crippen LogP contribution in [0.2, 0.25) is 0 Å². The Labute approximate surface area is 354 Å². The molecule has 61 heavy (non-hydrogen) atoms. The largest absolute Gasteiger partial charge is 0.370 e. The molecule has 0 aromatic heterocycles. The van der Waals surface area contributed by atoms with Gasteiger partial charge >= 0.3 is 0 Å². The number of carbonyl (C=O) groups is 6. The van der Waals surface area contributed by atoms with Gasteiger partial charge in [-0.15, -0.1) is 0 Å². The first-order chi connectivity index (χ1) is 28.8. The van der Waals surface area contributed by atoms with Gasteiger partial charge in [-0.3, -0.25) is 49.7 Å². The van der Waals surface area contributed by atoms with Crippen LogP contribution in [0.4, 0.5) is 5.69 Å². The lowest BCUT2D eigenvalue weighted by atomic mass is 10.00. The second-order valence-corrected chi connectivity index (χ2v) is 14.9. The second kappa shape index (κ2) is 25.6. The van der Waals surface area contributed by atoms with Gasteiger partial charge in [0, 0.05) is 38.7 Å². The number of nitro groups is 1. The molecule has 16 N–H and O–H groups in total. The van der Waals surface area contributed by atoms with Crippen LogP contribution < -0.4 is 54.8 Å². The van der Waals surface area contributed by atoms with Crippen molar-refractivity contribution in [3.8, 4) is 0 Å². The van der Waals surface area contributed by atoms with Crippen LogP contribution in [0.1, 0.15) is 57.1 Å². The summed E-state index contributed by atoms with van der Waals surface area (Å²) >= 11 is 0. The van der Waals surface area contributed by atoms with Crippen molar-refractivity contribution in [2.45, 2.75) is 89.0 Å². The van der Waals surface area contributed by atoms with E-state index in [1.165, 1.54) is 31.3 Å². The highest BCUT2D eigenvalue weighted by Gasteiger charge is 2.32. The summed E-state index contributed by atoms with van der Waals surface area (Å²) in [6.45, 7) is 3.52. The van der Waals surface area contributed by atoms with E-state index >= 15 is 0 Å². The number of guanidine groups is 2. The van der Waals surface area contributed by atoms with Gasteiger partial charge < -0.3 is 59.7 Å². The number of nitrogens with zero attached hydrogens (tertiary/aromatic N) is 2. The summed E-state index contributed by atoms with van der Waals surface area (Å²) in [6, 6.07) is 8.46. The number of hydrogen-bond acceptors (Lipinski definition) is 11. The Kier molecular flexibility index (Phi) is 21.1. The lowest BCUT2D eigenvalue weighted by Crippen LogP contribution is -2.59. The fourth-order valence-corrected chi connectivity index (χ4v) is 6.10. The number of amides is 6. The van der Waals surface area contributed by atoms with Crippen molar-refractivity contribution in [2.24, 2.45) is 28.9 Å². The summed E-state index contributed by atoms with van der Waals surface area (Å²) < 4.78 is 0. The van der Waals surface area contributed by atoms with Gasteiger partial charge in [-0.2, -0.15) is 0 Å². The molecule has 0 saturated carbocycles. The molecule has 5 atom stereocenters. The van der Waals surface area contributed by atoms with Gasteiger partial charge in [-0.1, -0.05) is 56.3 Å². The van der Waals surface area contributed by atoms with Gasteiger partial charge in [0.15, 0.2) is 11.9 Å². The zero-order valence-electron chi connectivity index (χ0n) is 34.7. The third-order valence-electron chi connectivity index (χ3n) is 9.21. The Morgan fingerprint density at radius 1 is 0.705 bits per heavy atom. The molecule has 2 aromatic carbocycles. The lowest BCUT2D eigenvalue weighted by molar-refractivity contribution is -0.384. The number of likely N-dealkylation sites (N-methyl/N-ethyl adjacent to an activating group) is 1. The first kappa shape index (κ1) is 50.3. The van der Waals surface area contributed by atoms with Crippen molar-refractivity contribution < 1.29 is 33.7 Å². The lowest BCUT2D eigenvalue weighted by Gasteiger charge is -2.27. The predicted molar refractivity (Wildman–Crippen MR) is 227 cm³/mol. The fraction of sp³-hybridized carbons (Fsp3) is 0.487. The van der Waals surface area contributed by atoms with E-state index in [0.717, 1.165) is 10.5 Å². The fourth-order valence-electron chi connectivity index (χ4n) is 6.10. The van der Waals surface area contributed by atoms with Gasteiger partial charge in [0.05, 0.1) is 17.5 Å². The molecule has 0 heterocycles. The Hall–Kier alpha value is -6.84. The first-order valence-electron chi connectivity index (χ1n) is 19.7. The Morgan fingerprint density at radius 2 is 1.20 bits per heavy atom. The number of benzene rings is 2. The van der Waals surface area contributed by atoms with Gasteiger partial charge in [-0.05, 0) is 55.6 Å². The first-order valence-corrected chi connectivity index (χ1v) is 19.7. The molecular formula is C39H60N14O8. The van der Waals surface area contributed by atoms with E-state index < -0.39 is 77.1 Å². The minimum absolute atomic E-state index is 0.0115. The maximum atomic E-state index is 14.1. The second-order valence-electron chi connectivity index (χ2n) is 14.9. The van der Waals surface area contributed by atoms with Crippen molar-refractivity contribution in [3.63, 3.8) is 0 Å². The van der Waals surface area contributed by atoms with Crippen molar-refractivity contribution in [3.05, 3.63) is 75.8 Å². The van der Waals surface area contributed by atoms with E-state index in [1.807, 2.05) is 30.3 Å². The SMILES string of the molecule is CC(C)C[C@H](NC(=O)[C@H](Cc1ccc([N+](=O)[O-])cc1)NC(=O)CN(C)C(=O)[C@@H](N)Cc1ccccc1)C(=O)N[C@H](CCCNC(=N)N)C(=O)N[C@H](CCCNC(=N)N)C(N)=O. The molecular weight excluding hydrogens is 793 g/mol. The number of non-ortho nitro benzene ring substituents is 1. The summed E-state index contributed by atoms with van der Waals surface area (Å²) in [5.41, 5.74) is 23.5. The standard InChI is InChI=1S/C39H60N14O8/c1-23(2)19-30(35(57)50-29(12-8-18-47-39(44)45)34(56)49-28(33(41)55)11-7-17-46-38(42)43)51-36(58)31(21-25-13-15-26(16-14-25)53(60)61)48-32(54)22-52(3)37(59)27(40)20-24-9-5-4-6-10-24/h4-6,9-10,13-16,23,27-31H,7-8,11-12,17-22,40H2,1-3H3,(H2,41,55)(H,48,54)(H,49,56)(H,50,57)(H,51,58)(H4,42,43,46)(H4,44,45,47)/t27-,28+,29+,30-,31-/m0/s1. The number of hydrogen-bond donors (Lipinski definition) is 12. The van der Waals surface area contributed by atoms with Crippen molar-refractivity contribution in [1.29, 1.82) is 10.8 Å². The molecule has 0 aliphatic rings. The molecule has 6 amide bonds. The molecule has 22 heteroatoms. The molecule has 0 bridgehead atoms. The maximum absolute atomic E-state index is 14.1. The predicted octanol–water partition coefficient (Wildman–Crippen LogP) is -1.84. The minimum atomic E-state index is -1.34. The Morgan fingerprint density at radius 3 is 1.72 bits per heavy atom. The van der Waals surface area contributed by atoms with Gasteiger partial charge in [0.2, 0.25) is 35.4 Å². The van der Waals surface area contributed by atoms with Crippen molar-refractivity contribution >= 4 is 53.0 Å². The molecule has 0 saturated heterocycles. The molecule has 2 rings (SSSR count). The zero-order valence-corrected chi connectivity index (χ0v) is 34.7. The van der Waals surface area contributed by atoms with Gasteiger partial charge in [0.25, 0.3) is 5.69 Å². The summed E-state index contributed by atoms with van der Waals surface area (Å²) in [4.78, 5) is 92.2. The normalized spacial score (nSPS) is 13.3. The average Bonchev–Trinajstić information content (AvgIpc) is 3.19. The van der Waals surface area contributed by atoms with E-state index in [-0.39, 0.29) is 75.1 Å². The van der Waals surface area contributed by atoms with Crippen LogP contribution in [-0.4, -0.2) is 114 Å². The number of nitrogens with one attached hydrogen (secondary N) is 8. The number of nitrogens with two attached hydrogens (primary N) is 4. The maximum Gasteiger partial charge on any atom is 0.269 e. The molecule has 0 aliphatic carbocycles. The van der Waals surface area contributed by atoms with Crippen LogP contribution in [0.15, 0.2) is 54.6 Å². The highest BCUT2D eigenvalue weighted by atomic mass is 16.6. The number of primary amides is 1. The highest BCUT2D eigenvalue weighted by Crippen LogP contribution is 2.15. The monoisotopic (exact) mass is 852 g/mol. The quantitative estimate of drug-likeness (QED) is 0.0163. The van der Waals surface area contributed by atoms with Crippen LogP contribution in [0.3, 0.4) is 0 Å². The van der Waals surface area contributed by atoms with Crippen LogP contribution in [0, 0.1) is 26.9 Å². The van der Waals surface area contributed by atoms with Crippen LogP contribution >= 0.6 is 0 Å². The van der Waals surface area contributed by atoms with Gasteiger partial charge in [0.1, 0.15) is 24.2 Å². The van der Waals surface area contributed by atoms with Gasteiger partial charge in [-0.25, -0.2) is 0 Å². The average molecular weight is 853 g/mol. The van der Waals surface area contributed by atoms with E-state index in [0.29, 0.717) is 12.0 Å².